The second-order valence-electron chi connectivity index (χ2n) is 9.40. The molecule has 0 heterocycles. The second kappa shape index (κ2) is 15.0. The average molecular weight is 457 g/mol. The minimum atomic E-state index is -0.856. The summed E-state index contributed by atoms with van der Waals surface area (Å²) in [5, 5.41) is 0. The summed E-state index contributed by atoms with van der Waals surface area (Å²) >= 11 is 0. The molecule has 0 aromatic carbocycles. The molecule has 2 atom stereocenters. The van der Waals surface area contributed by atoms with Crippen molar-refractivity contribution in [2.24, 2.45) is 0 Å². The molecule has 0 aromatic heterocycles. The third-order valence-corrected chi connectivity index (χ3v) is 6.23. The van der Waals surface area contributed by atoms with Gasteiger partial charge in [-0.1, -0.05) is 46.6 Å². The minimum Gasteiger partial charge on any atom is -0.370 e. The monoisotopic (exact) mass is 456 g/mol. The van der Waals surface area contributed by atoms with Crippen molar-refractivity contribution in [3.63, 3.8) is 0 Å². The lowest BCUT2D eigenvalue weighted by atomic mass is 9.84. The SMILES string of the molecule is CO[C@@H]1C(=O)C(C)=C(C/C=C(\C)CC/C=C(\C)CC/C=C(\C)CCC=C(C)C)C(=O)[C@@H]1OC. The van der Waals surface area contributed by atoms with Crippen LogP contribution in [0.2, 0.25) is 0 Å². The van der Waals surface area contributed by atoms with Gasteiger partial charge >= 0.3 is 0 Å². The number of Topliss-reactive ketones (excluding diaryl/α,β-unsaturated/α-hetero) is 2. The Morgan fingerprint density at radius 1 is 0.697 bits per heavy atom. The molecular weight excluding hydrogens is 412 g/mol. The predicted molar refractivity (Wildman–Crippen MR) is 137 cm³/mol. The van der Waals surface area contributed by atoms with Gasteiger partial charge in [0.15, 0.2) is 23.8 Å². The quantitative estimate of drug-likeness (QED) is 0.279. The van der Waals surface area contributed by atoms with E-state index < -0.39 is 12.2 Å². The van der Waals surface area contributed by atoms with Crippen molar-refractivity contribution in [1.82, 2.24) is 0 Å². The Morgan fingerprint density at radius 3 is 1.58 bits per heavy atom. The first-order valence-electron chi connectivity index (χ1n) is 12.1. The number of hydrogen-bond acceptors (Lipinski definition) is 4. The van der Waals surface area contributed by atoms with Gasteiger partial charge in [0.2, 0.25) is 0 Å². The summed E-state index contributed by atoms with van der Waals surface area (Å²) < 4.78 is 10.5. The first-order valence-corrected chi connectivity index (χ1v) is 12.1. The highest BCUT2D eigenvalue weighted by Gasteiger charge is 2.41. The van der Waals surface area contributed by atoms with E-state index in [1.165, 1.54) is 36.5 Å². The number of hydrogen-bond donors (Lipinski definition) is 0. The van der Waals surface area contributed by atoms with Crippen molar-refractivity contribution in [1.29, 1.82) is 0 Å². The zero-order valence-corrected chi connectivity index (χ0v) is 22.0. The largest absolute Gasteiger partial charge is 0.370 e. The van der Waals surface area contributed by atoms with Crippen LogP contribution in [-0.4, -0.2) is 38.0 Å². The molecule has 0 saturated carbocycles. The second-order valence-corrected chi connectivity index (χ2v) is 9.40. The van der Waals surface area contributed by atoms with Crippen LogP contribution in [0.5, 0.6) is 0 Å². The first-order chi connectivity index (χ1) is 15.6. The van der Waals surface area contributed by atoms with Gasteiger partial charge in [-0.25, -0.2) is 0 Å². The molecule has 33 heavy (non-hydrogen) atoms. The molecule has 0 aromatic rings. The van der Waals surface area contributed by atoms with E-state index in [0.717, 1.165) is 38.5 Å². The number of rotatable bonds is 13. The lowest BCUT2D eigenvalue weighted by Crippen LogP contribution is -2.47. The van der Waals surface area contributed by atoms with Gasteiger partial charge < -0.3 is 9.47 Å². The van der Waals surface area contributed by atoms with E-state index in [0.29, 0.717) is 17.6 Å². The molecular formula is C29H44O4. The maximum atomic E-state index is 12.8. The van der Waals surface area contributed by atoms with Crippen LogP contribution >= 0.6 is 0 Å². The number of allylic oxidation sites excluding steroid dienone is 8. The lowest BCUT2D eigenvalue weighted by molar-refractivity contribution is -0.146. The van der Waals surface area contributed by atoms with Crippen LogP contribution in [0.1, 0.15) is 86.5 Å². The molecule has 0 N–H and O–H groups in total. The molecule has 1 rings (SSSR count). The van der Waals surface area contributed by atoms with Crippen molar-refractivity contribution < 1.29 is 19.1 Å². The third kappa shape index (κ3) is 9.77. The van der Waals surface area contributed by atoms with E-state index >= 15 is 0 Å². The maximum Gasteiger partial charge on any atom is 0.191 e. The van der Waals surface area contributed by atoms with Crippen LogP contribution in [0.3, 0.4) is 0 Å². The van der Waals surface area contributed by atoms with Crippen LogP contribution < -0.4 is 0 Å². The molecule has 4 nitrogen and oxygen atoms in total. The first kappa shape index (κ1) is 29.0. The summed E-state index contributed by atoms with van der Waals surface area (Å²) in [4.78, 5) is 25.3. The van der Waals surface area contributed by atoms with Crippen molar-refractivity contribution in [2.45, 2.75) is 98.7 Å². The summed E-state index contributed by atoms with van der Waals surface area (Å²) in [6, 6.07) is 0. The van der Waals surface area contributed by atoms with Crippen molar-refractivity contribution in [3.05, 3.63) is 57.7 Å². The predicted octanol–water partition coefficient (Wildman–Crippen LogP) is 7.02. The van der Waals surface area contributed by atoms with Crippen LogP contribution in [0, 0.1) is 0 Å². The molecule has 0 amide bonds. The Labute approximate surface area is 201 Å². The number of methoxy groups -OCH3 is 2. The fraction of sp³-hybridized carbons (Fsp3) is 0.586. The summed E-state index contributed by atoms with van der Waals surface area (Å²) in [5.41, 5.74) is 6.51. The van der Waals surface area contributed by atoms with Crippen LogP contribution in [-0.2, 0) is 19.1 Å². The Morgan fingerprint density at radius 2 is 1.12 bits per heavy atom. The number of ketones is 2. The van der Waals surface area contributed by atoms with Gasteiger partial charge in [-0.2, -0.15) is 0 Å². The maximum absolute atomic E-state index is 12.8. The van der Waals surface area contributed by atoms with E-state index in [1.54, 1.807) is 6.92 Å². The van der Waals surface area contributed by atoms with Gasteiger partial charge in [0.25, 0.3) is 0 Å². The van der Waals surface area contributed by atoms with E-state index in [1.807, 2.05) is 0 Å². The zero-order chi connectivity index (χ0) is 25.0. The highest BCUT2D eigenvalue weighted by Crippen LogP contribution is 2.26. The minimum absolute atomic E-state index is 0.148. The van der Waals surface area contributed by atoms with Gasteiger partial charge in [0.05, 0.1) is 0 Å². The van der Waals surface area contributed by atoms with Crippen molar-refractivity contribution >= 4 is 11.6 Å². The van der Waals surface area contributed by atoms with Gasteiger partial charge in [-0.3, -0.25) is 9.59 Å². The molecule has 1 aliphatic carbocycles. The average Bonchev–Trinajstić information content (AvgIpc) is 2.75. The normalized spacial score (nSPS) is 20.5. The van der Waals surface area contributed by atoms with Crippen molar-refractivity contribution in [3.8, 4) is 0 Å². The van der Waals surface area contributed by atoms with Gasteiger partial charge in [0, 0.05) is 25.4 Å². The van der Waals surface area contributed by atoms with Gasteiger partial charge in [-0.15, -0.1) is 0 Å². The topological polar surface area (TPSA) is 52.6 Å². The Balaban J connectivity index is 2.55. The highest BCUT2D eigenvalue weighted by molar-refractivity contribution is 6.16. The molecule has 0 saturated heterocycles. The van der Waals surface area contributed by atoms with Gasteiger partial charge in [-0.05, 0) is 86.5 Å². The molecule has 0 radical (unpaired) electrons. The molecule has 1 aliphatic rings. The molecule has 0 bridgehead atoms. The fourth-order valence-electron chi connectivity index (χ4n) is 3.97. The van der Waals surface area contributed by atoms with Crippen LogP contribution in [0.15, 0.2) is 57.7 Å². The van der Waals surface area contributed by atoms with Crippen LogP contribution in [0.4, 0.5) is 0 Å². The summed E-state index contributed by atoms with van der Waals surface area (Å²) in [7, 11) is 2.88. The van der Waals surface area contributed by atoms with Crippen LogP contribution in [0.25, 0.3) is 0 Å². The summed E-state index contributed by atoms with van der Waals surface area (Å²) in [6.45, 7) is 12.5. The Kier molecular flexibility index (Phi) is 13.2. The Hall–Kier alpha value is -2.04. The molecule has 0 unspecified atom stereocenters. The molecule has 0 aliphatic heterocycles. The zero-order valence-electron chi connectivity index (χ0n) is 22.0. The van der Waals surface area contributed by atoms with Gasteiger partial charge in [0.1, 0.15) is 0 Å². The summed E-state index contributed by atoms with van der Waals surface area (Å²) in [5.74, 6) is -0.310. The molecule has 0 fully saturated rings. The number of carbonyl (C=O) groups excluding carboxylic acids is 2. The molecule has 4 heteroatoms. The van der Waals surface area contributed by atoms with E-state index in [-0.39, 0.29) is 11.6 Å². The standard InChI is InChI=1S/C29H44O4/c1-20(2)12-9-13-21(3)14-10-15-22(4)16-11-17-23(5)18-19-25-24(6)26(30)28(32-7)29(33-8)27(25)31/h12,14,16,18,28-29H,9-11,13,15,17,19H2,1-8H3/b21-14+,22-16+,23-18+/t28-,29+/m1/s1. The highest BCUT2D eigenvalue weighted by atomic mass is 16.5. The molecule has 184 valence electrons. The number of carbonyl (C=O) groups is 2. The summed E-state index contributed by atoms with van der Waals surface area (Å²) in [6.07, 6.45) is 14.1. The van der Waals surface area contributed by atoms with E-state index in [4.69, 9.17) is 9.47 Å². The van der Waals surface area contributed by atoms with Crippen molar-refractivity contribution in [2.75, 3.05) is 14.2 Å². The van der Waals surface area contributed by atoms with E-state index in [9.17, 15) is 9.59 Å². The molecule has 0 spiro atoms. The lowest BCUT2D eigenvalue weighted by Gasteiger charge is -2.29. The smallest absolute Gasteiger partial charge is 0.191 e. The number of ether oxygens (including phenoxy) is 2. The fourth-order valence-corrected chi connectivity index (χ4v) is 3.97. The third-order valence-electron chi connectivity index (χ3n) is 6.23. The van der Waals surface area contributed by atoms with E-state index in [2.05, 4.69) is 58.9 Å². The Bertz CT molecular complexity index is 832.